The molecule has 0 spiro atoms. The number of H-pyrrole nitrogens is 1. The Balaban J connectivity index is 1.42. The van der Waals surface area contributed by atoms with Gasteiger partial charge in [-0.15, -0.1) is 10.2 Å². The van der Waals surface area contributed by atoms with E-state index in [1.165, 1.54) is 35.6 Å². The highest BCUT2D eigenvalue weighted by Gasteiger charge is 2.39. The molecule has 14 heteroatoms. The third-order valence-electron chi connectivity index (χ3n) is 5.82. The van der Waals surface area contributed by atoms with Crippen molar-refractivity contribution in [3.8, 4) is 11.5 Å². The van der Waals surface area contributed by atoms with E-state index in [0.29, 0.717) is 17.7 Å². The van der Waals surface area contributed by atoms with E-state index in [0.717, 1.165) is 16.3 Å². The Hall–Kier alpha value is -4.49. The van der Waals surface area contributed by atoms with Crippen LogP contribution in [0.1, 0.15) is 39.5 Å². The second kappa shape index (κ2) is 7.51. The summed E-state index contributed by atoms with van der Waals surface area (Å²) in [5.41, 5.74) is 1.36. The highest BCUT2D eigenvalue weighted by Crippen LogP contribution is 2.36. The van der Waals surface area contributed by atoms with Crippen molar-refractivity contribution in [2.75, 3.05) is 6.54 Å². The Bertz CT molecular complexity index is 1560. The second-order valence-corrected chi connectivity index (χ2v) is 8.05. The number of halogens is 3. The van der Waals surface area contributed by atoms with Gasteiger partial charge in [0.05, 0.1) is 35.0 Å². The molecule has 6 heterocycles. The summed E-state index contributed by atoms with van der Waals surface area (Å²) in [5.74, 6) is -0.718. The van der Waals surface area contributed by atoms with Crippen molar-refractivity contribution in [1.82, 2.24) is 44.5 Å². The van der Waals surface area contributed by atoms with Crippen molar-refractivity contribution in [2.24, 2.45) is 7.05 Å². The number of fused-ring (bicyclic) bond motifs is 2. The van der Waals surface area contributed by atoms with Crippen molar-refractivity contribution < 1.29 is 22.4 Å². The van der Waals surface area contributed by atoms with Crippen LogP contribution in [0.3, 0.4) is 0 Å². The monoisotopic (exact) mass is 483 g/mol. The van der Waals surface area contributed by atoms with E-state index in [-0.39, 0.29) is 29.5 Å². The number of carbonyl (C=O) groups is 1. The molecule has 0 aliphatic carbocycles. The highest BCUT2D eigenvalue weighted by molar-refractivity contribution is 5.90. The van der Waals surface area contributed by atoms with Crippen LogP contribution in [-0.4, -0.2) is 56.9 Å². The molecule has 1 atom stereocenters. The molecule has 0 bridgehead atoms. The van der Waals surface area contributed by atoms with Crippen LogP contribution in [0.4, 0.5) is 13.2 Å². The number of aromatic nitrogens is 8. The molecule has 1 aliphatic heterocycles. The number of amides is 1. The third kappa shape index (κ3) is 3.45. The quantitative estimate of drug-likeness (QED) is 0.419. The predicted octanol–water partition coefficient (Wildman–Crippen LogP) is 2.65. The van der Waals surface area contributed by atoms with Gasteiger partial charge in [0.1, 0.15) is 11.7 Å². The summed E-state index contributed by atoms with van der Waals surface area (Å²) in [7, 11) is 1.73. The van der Waals surface area contributed by atoms with Gasteiger partial charge in [0, 0.05) is 31.9 Å². The molecule has 1 unspecified atom stereocenters. The van der Waals surface area contributed by atoms with E-state index in [1.54, 1.807) is 17.9 Å². The number of alkyl halides is 3. The fraction of sp³-hybridized carbons (Fsp3) is 0.238. The van der Waals surface area contributed by atoms with Gasteiger partial charge in [-0.2, -0.15) is 23.4 Å². The van der Waals surface area contributed by atoms with Crippen LogP contribution in [0.5, 0.6) is 0 Å². The summed E-state index contributed by atoms with van der Waals surface area (Å²) in [6.45, 7) is 0.239. The van der Waals surface area contributed by atoms with Gasteiger partial charge in [-0.1, -0.05) is 6.07 Å². The normalized spacial score (nSPS) is 16.1. The van der Waals surface area contributed by atoms with Crippen molar-refractivity contribution in [3.63, 3.8) is 0 Å². The minimum Gasteiger partial charge on any atom is -0.412 e. The number of hydrogen-bond acceptors (Lipinski definition) is 7. The first-order valence-electron chi connectivity index (χ1n) is 10.5. The molecule has 0 radical (unpaired) electrons. The lowest BCUT2D eigenvalue weighted by atomic mass is 9.99. The maximum absolute atomic E-state index is 13.6. The molecule has 6 rings (SSSR count). The first-order chi connectivity index (χ1) is 16.8. The average Bonchev–Trinajstić information content (AvgIpc) is 3.62. The van der Waals surface area contributed by atoms with Crippen LogP contribution in [0.25, 0.3) is 17.0 Å². The van der Waals surface area contributed by atoms with E-state index in [2.05, 4.69) is 30.4 Å². The number of rotatable bonds is 3. The predicted molar refractivity (Wildman–Crippen MR) is 112 cm³/mol. The van der Waals surface area contributed by atoms with Crippen LogP contribution in [0.15, 0.2) is 47.4 Å². The van der Waals surface area contributed by atoms with Gasteiger partial charge in [-0.05, 0) is 18.2 Å². The van der Waals surface area contributed by atoms with Crippen LogP contribution in [0, 0.1) is 0 Å². The molecule has 5 aromatic heterocycles. The van der Waals surface area contributed by atoms with Crippen molar-refractivity contribution in [1.29, 1.82) is 0 Å². The van der Waals surface area contributed by atoms with E-state index in [9.17, 15) is 18.0 Å². The van der Waals surface area contributed by atoms with E-state index in [1.807, 2.05) is 0 Å². The molecule has 0 saturated carbocycles. The van der Waals surface area contributed by atoms with Crippen LogP contribution in [0.2, 0.25) is 0 Å². The SMILES string of the molecule is Cn1cc(-c2nnc(C(=O)N3CCc4[nH]cnc4C3c3cc4cccc(C(F)(F)F)n4n3)o2)cn1. The minimum absolute atomic E-state index is 0.123. The lowest BCUT2D eigenvalue weighted by molar-refractivity contribution is -0.142. The molecule has 0 saturated heterocycles. The van der Waals surface area contributed by atoms with Gasteiger partial charge in [0.2, 0.25) is 0 Å². The Kier molecular flexibility index (Phi) is 4.52. The number of carbonyl (C=O) groups excluding carboxylic acids is 1. The van der Waals surface area contributed by atoms with E-state index in [4.69, 9.17) is 4.42 Å². The molecule has 11 nitrogen and oxygen atoms in total. The maximum atomic E-state index is 13.6. The molecule has 35 heavy (non-hydrogen) atoms. The molecule has 178 valence electrons. The number of aryl methyl sites for hydroxylation is 1. The van der Waals surface area contributed by atoms with E-state index < -0.39 is 23.8 Å². The van der Waals surface area contributed by atoms with Crippen LogP contribution < -0.4 is 0 Å². The molecular weight excluding hydrogens is 467 g/mol. The molecule has 0 aromatic carbocycles. The molecule has 1 aliphatic rings. The Labute approximate surface area is 194 Å². The molecule has 1 amide bonds. The number of nitrogens with zero attached hydrogens (tertiary/aromatic N) is 8. The number of pyridine rings is 1. The van der Waals surface area contributed by atoms with E-state index >= 15 is 0 Å². The number of nitrogens with one attached hydrogen (secondary N) is 1. The van der Waals surface area contributed by atoms with Gasteiger partial charge < -0.3 is 14.3 Å². The largest absolute Gasteiger partial charge is 0.433 e. The zero-order valence-electron chi connectivity index (χ0n) is 18.1. The summed E-state index contributed by atoms with van der Waals surface area (Å²) >= 11 is 0. The lowest BCUT2D eigenvalue weighted by Crippen LogP contribution is -2.41. The Morgan fingerprint density at radius 3 is 2.89 bits per heavy atom. The Morgan fingerprint density at radius 1 is 1.26 bits per heavy atom. The zero-order chi connectivity index (χ0) is 24.3. The number of aromatic amines is 1. The first kappa shape index (κ1) is 21.1. The summed E-state index contributed by atoms with van der Waals surface area (Å²) in [4.78, 5) is 22.3. The Morgan fingerprint density at radius 2 is 2.11 bits per heavy atom. The zero-order valence-corrected chi connectivity index (χ0v) is 18.1. The average molecular weight is 483 g/mol. The molecule has 1 N–H and O–H groups in total. The highest BCUT2D eigenvalue weighted by atomic mass is 19.4. The minimum atomic E-state index is -4.60. The van der Waals surface area contributed by atoms with Crippen molar-refractivity contribution >= 4 is 11.4 Å². The van der Waals surface area contributed by atoms with Crippen LogP contribution >= 0.6 is 0 Å². The van der Waals surface area contributed by atoms with Crippen molar-refractivity contribution in [2.45, 2.75) is 18.6 Å². The molecule has 5 aromatic rings. The number of imidazole rings is 1. The van der Waals surface area contributed by atoms with Gasteiger partial charge >= 0.3 is 18.0 Å². The van der Waals surface area contributed by atoms with Gasteiger partial charge in [0.25, 0.3) is 5.89 Å². The van der Waals surface area contributed by atoms with Crippen molar-refractivity contribution in [3.05, 3.63) is 71.7 Å². The number of hydrogen-bond donors (Lipinski definition) is 1. The molecular formula is C21H16F3N9O2. The fourth-order valence-electron chi connectivity index (χ4n) is 4.26. The van der Waals surface area contributed by atoms with Crippen LogP contribution in [-0.2, 0) is 19.6 Å². The summed E-state index contributed by atoms with van der Waals surface area (Å²) < 4.78 is 48.6. The topological polar surface area (TPSA) is 123 Å². The molecule has 0 fully saturated rings. The third-order valence-corrected chi connectivity index (χ3v) is 5.82. The van der Waals surface area contributed by atoms with Gasteiger partial charge in [-0.25, -0.2) is 9.50 Å². The first-order valence-corrected chi connectivity index (χ1v) is 10.5. The smallest absolute Gasteiger partial charge is 0.412 e. The van der Waals surface area contributed by atoms with Gasteiger partial charge in [-0.3, -0.25) is 9.48 Å². The van der Waals surface area contributed by atoms with Gasteiger partial charge in [0.15, 0.2) is 0 Å². The summed E-state index contributed by atoms with van der Waals surface area (Å²) in [6, 6.07) is 4.44. The lowest BCUT2D eigenvalue weighted by Gasteiger charge is -2.32. The summed E-state index contributed by atoms with van der Waals surface area (Å²) in [5, 5.41) is 16.1. The maximum Gasteiger partial charge on any atom is 0.433 e. The fourth-order valence-corrected chi connectivity index (χ4v) is 4.26. The second-order valence-electron chi connectivity index (χ2n) is 8.05. The summed E-state index contributed by atoms with van der Waals surface area (Å²) in [6.07, 6.45) is 0.527. The standard InChI is InChI=1S/C21H16F3N9O2/c1-31-9-11(8-27-31)18-28-29-19(35-18)20(34)32-6-5-13-16(26-10-25-13)17(32)14-7-12-3-2-4-15(21(22,23)24)33(12)30-14/h2-4,7-10,17H,5-6H2,1H3,(H,25,26).